The van der Waals surface area contributed by atoms with Crippen molar-refractivity contribution < 1.29 is 26.7 Å². The molecule has 222 valence electrons. The van der Waals surface area contributed by atoms with Crippen molar-refractivity contribution in [2.24, 2.45) is 40.3 Å². The van der Waals surface area contributed by atoms with E-state index in [9.17, 15) is 18.0 Å². The van der Waals surface area contributed by atoms with Gasteiger partial charge in [0.25, 0.3) is 5.92 Å². The monoisotopic (exact) mass is 562 g/mol. The van der Waals surface area contributed by atoms with Crippen LogP contribution < -0.4 is 11.1 Å². The Labute approximate surface area is 227 Å². The summed E-state index contributed by atoms with van der Waals surface area (Å²) in [6, 6.07) is -0.608. The van der Waals surface area contributed by atoms with Crippen molar-refractivity contribution in [3.63, 3.8) is 0 Å². The average molecular weight is 563 g/mol. The number of nitrogens with one attached hydrogen (secondary N) is 2. The van der Waals surface area contributed by atoms with Gasteiger partial charge < -0.3 is 20.9 Å². The second kappa shape index (κ2) is 13.0. The molecule has 0 aromatic rings. The third-order valence-electron chi connectivity index (χ3n) is 8.60. The maximum atomic E-state index is 15.3. The van der Waals surface area contributed by atoms with Gasteiger partial charge in [0.2, 0.25) is 5.91 Å². The van der Waals surface area contributed by atoms with Crippen molar-refractivity contribution in [1.82, 2.24) is 15.1 Å². The summed E-state index contributed by atoms with van der Waals surface area (Å²) in [5.74, 6) is -8.75. The van der Waals surface area contributed by atoms with Crippen molar-refractivity contribution in [1.29, 1.82) is 5.41 Å². The molecule has 0 radical (unpaired) electrons. The van der Waals surface area contributed by atoms with Crippen LogP contribution in [0.2, 0.25) is 0 Å². The van der Waals surface area contributed by atoms with Gasteiger partial charge in [-0.3, -0.25) is 10.2 Å². The molecular weight excluding hydrogens is 519 g/mol. The molecule has 1 amide bonds. The Morgan fingerprint density at radius 1 is 1.13 bits per heavy atom. The van der Waals surface area contributed by atoms with E-state index in [0.717, 1.165) is 19.2 Å². The first-order valence-corrected chi connectivity index (χ1v) is 13.9. The van der Waals surface area contributed by atoms with Crippen LogP contribution in [0.4, 0.5) is 22.0 Å². The highest BCUT2D eigenvalue weighted by Crippen LogP contribution is 2.53. The minimum atomic E-state index is -4.65. The smallest absolute Gasteiger partial charge is 0.349 e. The molecule has 0 bridgehead atoms. The van der Waals surface area contributed by atoms with Crippen molar-refractivity contribution in [3.8, 4) is 0 Å². The van der Waals surface area contributed by atoms with E-state index in [-0.39, 0.29) is 18.2 Å². The number of aliphatic imine (C=N–C) groups is 1. The summed E-state index contributed by atoms with van der Waals surface area (Å²) in [5, 5.41) is 10.9. The molecule has 12 heteroatoms. The maximum Gasteiger partial charge on any atom is 0.391 e. The highest BCUT2D eigenvalue weighted by atomic mass is 19.4. The topological polar surface area (TPSA) is 97.8 Å². The summed E-state index contributed by atoms with van der Waals surface area (Å²) < 4.78 is 72.4. The van der Waals surface area contributed by atoms with Crippen LogP contribution in [-0.2, 0) is 4.79 Å². The average Bonchev–Trinajstić information content (AvgIpc) is 3.67. The molecule has 3 fully saturated rings. The van der Waals surface area contributed by atoms with Crippen molar-refractivity contribution in [3.05, 3.63) is 12.4 Å². The van der Waals surface area contributed by atoms with Gasteiger partial charge in [-0.15, -0.1) is 0 Å². The molecule has 4 N–H and O–H groups in total. The number of amides is 1. The molecule has 7 nitrogen and oxygen atoms in total. The largest absolute Gasteiger partial charge is 0.391 e. The lowest BCUT2D eigenvalue weighted by molar-refractivity contribution is -0.214. The first-order valence-electron chi connectivity index (χ1n) is 13.9. The zero-order valence-corrected chi connectivity index (χ0v) is 22.9. The van der Waals surface area contributed by atoms with Crippen LogP contribution in [-0.4, -0.2) is 72.7 Å². The molecule has 5 unspecified atom stereocenters. The van der Waals surface area contributed by atoms with Crippen LogP contribution in [0.1, 0.15) is 64.7 Å². The van der Waals surface area contributed by atoms with E-state index < -0.39 is 66.7 Å². The SMILES string of the molecule is C=C(N=CCCN)NC(C(C)N(CC1CC1)C(=O)C1CC(C(F)(F)F)CC(C(F)(F)C2CCC2)C1)N(C)C=N. The molecule has 0 saturated heterocycles. The summed E-state index contributed by atoms with van der Waals surface area (Å²) in [6.07, 6.45) is -0.441. The predicted molar refractivity (Wildman–Crippen MR) is 141 cm³/mol. The third-order valence-corrected chi connectivity index (χ3v) is 8.60. The van der Waals surface area contributed by atoms with Gasteiger partial charge in [-0.2, -0.15) is 13.2 Å². The molecule has 0 heterocycles. The third kappa shape index (κ3) is 7.91. The van der Waals surface area contributed by atoms with E-state index in [0.29, 0.717) is 38.8 Å². The van der Waals surface area contributed by atoms with Crippen LogP contribution in [0.25, 0.3) is 0 Å². The van der Waals surface area contributed by atoms with Gasteiger partial charge in [0.05, 0.1) is 18.3 Å². The number of halogens is 5. The zero-order valence-electron chi connectivity index (χ0n) is 22.9. The Balaban J connectivity index is 1.86. The Morgan fingerprint density at radius 3 is 2.28 bits per heavy atom. The summed E-state index contributed by atoms with van der Waals surface area (Å²) in [6.45, 7) is 6.35. The minimum Gasteiger partial charge on any atom is -0.349 e. The zero-order chi connectivity index (χ0) is 29.0. The van der Waals surface area contributed by atoms with E-state index in [1.54, 1.807) is 20.2 Å². The Kier molecular flexibility index (Phi) is 10.4. The quantitative estimate of drug-likeness (QED) is 0.120. The number of hydrogen-bond acceptors (Lipinski definition) is 5. The van der Waals surface area contributed by atoms with Gasteiger partial charge >= 0.3 is 6.18 Å². The summed E-state index contributed by atoms with van der Waals surface area (Å²) in [5.41, 5.74) is 5.49. The Bertz CT molecular complexity index is 888. The van der Waals surface area contributed by atoms with Gasteiger partial charge in [-0.1, -0.05) is 13.0 Å². The van der Waals surface area contributed by atoms with E-state index in [1.807, 2.05) is 0 Å². The van der Waals surface area contributed by atoms with Crippen LogP contribution in [0.15, 0.2) is 17.4 Å². The standard InChI is InChI=1S/C27H43F5N6O/c1-17(24(37(3)16-34)36-18(2)35-11-5-10-33)38(15-19-8-9-19)25(39)20-12-22(14-23(13-20)27(30,31)32)26(28,29)21-6-4-7-21/h11,16-17,19-24,34,36H,2,4-10,12-15,33H2,1,3H3. The van der Waals surface area contributed by atoms with Crippen LogP contribution in [0, 0.1) is 35.0 Å². The molecule has 0 aromatic heterocycles. The number of likely N-dealkylation sites (N-methyl/N-ethyl adjacent to an activating group) is 1. The number of carbonyl (C=O) groups is 1. The number of hydrogen-bond donors (Lipinski definition) is 3. The molecule has 39 heavy (non-hydrogen) atoms. The van der Waals surface area contributed by atoms with E-state index in [2.05, 4.69) is 16.9 Å². The number of alkyl halides is 5. The molecule has 0 aromatic carbocycles. The molecular formula is C27H43F5N6O. The second-order valence-corrected chi connectivity index (χ2v) is 11.5. The second-order valence-electron chi connectivity index (χ2n) is 11.5. The van der Waals surface area contributed by atoms with Gasteiger partial charge in [0.1, 0.15) is 12.0 Å². The fourth-order valence-electron chi connectivity index (χ4n) is 5.77. The highest BCUT2D eigenvalue weighted by molar-refractivity contribution is 5.79. The normalized spacial score (nSPS) is 26.0. The molecule has 3 aliphatic carbocycles. The number of carbonyl (C=O) groups excluding carboxylic acids is 1. The summed E-state index contributed by atoms with van der Waals surface area (Å²) in [7, 11) is 1.63. The molecule has 3 aliphatic rings. The maximum absolute atomic E-state index is 15.3. The van der Waals surface area contributed by atoms with Crippen LogP contribution in [0.3, 0.4) is 0 Å². The lowest BCUT2D eigenvalue weighted by Gasteiger charge is -2.46. The van der Waals surface area contributed by atoms with Gasteiger partial charge in [0.15, 0.2) is 0 Å². The predicted octanol–water partition coefficient (Wildman–Crippen LogP) is 4.99. The molecule has 3 rings (SSSR count). The van der Waals surface area contributed by atoms with E-state index >= 15 is 8.78 Å². The highest BCUT2D eigenvalue weighted by Gasteiger charge is 2.56. The summed E-state index contributed by atoms with van der Waals surface area (Å²) >= 11 is 0. The van der Waals surface area contributed by atoms with Crippen molar-refractivity contribution >= 4 is 18.5 Å². The Hall–Kier alpha value is -2.24. The van der Waals surface area contributed by atoms with E-state index in [1.165, 1.54) is 9.80 Å². The number of rotatable bonds is 14. The number of nitrogens with zero attached hydrogens (tertiary/aromatic N) is 3. The molecule has 0 aliphatic heterocycles. The van der Waals surface area contributed by atoms with Gasteiger partial charge in [-0.05, 0) is 70.8 Å². The minimum absolute atomic E-state index is 0.210. The lowest BCUT2D eigenvalue weighted by atomic mass is 9.66. The van der Waals surface area contributed by atoms with Gasteiger partial charge in [0, 0.05) is 37.6 Å². The number of nitrogens with two attached hydrogens (primary N) is 1. The Morgan fingerprint density at radius 2 is 1.77 bits per heavy atom. The fourth-order valence-corrected chi connectivity index (χ4v) is 5.77. The van der Waals surface area contributed by atoms with E-state index in [4.69, 9.17) is 11.1 Å². The fraction of sp³-hybridized carbons (Fsp3) is 0.815. The summed E-state index contributed by atoms with van der Waals surface area (Å²) in [4.78, 5) is 21.2. The first kappa shape index (κ1) is 31.3. The van der Waals surface area contributed by atoms with Crippen LogP contribution >= 0.6 is 0 Å². The lowest BCUT2D eigenvalue weighted by Crippen LogP contribution is -2.59. The molecule has 3 saturated carbocycles. The van der Waals surface area contributed by atoms with Gasteiger partial charge in [-0.25, -0.2) is 13.8 Å². The van der Waals surface area contributed by atoms with Crippen LogP contribution in [0.5, 0.6) is 0 Å². The molecule has 5 atom stereocenters. The molecule has 0 spiro atoms. The first-order chi connectivity index (χ1) is 18.3. The van der Waals surface area contributed by atoms with Crippen molar-refractivity contribution in [2.45, 2.75) is 89.0 Å². The van der Waals surface area contributed by atoms with Crippen molar-refractivity contribution in [2.75, 3.05) is 20.1 Å².